The molecule has 0 spiro atoms. The highest BCUT2D eigenvalue weighted by atomic mass is 79.9. The number of barbiturate groups is 1. The Morgan fingerprint density at radius 1 is 0.927 bits per heavy atom. The van der Waals surface area contributed by atoms with Crippen molar-refractivity contribution in [1.29, 1.82) is 0 Å². The van der Waals surface area contributed by atoms with E-state index in [1.54, 1.807) is 36.4 Å². The fourth-order valence-corrected chi connectivity index (χ4v) is 4.98. The van der Waals surface area contributed by atoms with Crippen molar-refractivity contribution in [2.24, 2.45) is 0 Å². The summed E-state index contributed by atoms with van der Waals surface area (Å²) >= 11 is 3.35. The molecule has 1 aliphatic heterocycles. The van der Waals surface area contributed by atoms with Crippen molar-refractivity contribution in [1.82, 2.24) is 5.32 Å². The van der Waals surface area contributed by atoms with Crippen LogP contribution in [0.5, 0.6) is 11.5 Å². The van der Waals surface area contributed by atoms with Crippen LogP contribution in [0, 0.1) is 0 Å². The van der Waals surface area contributed by atoms with Crippen LogP contribution in [0.2, 0.25) is 0 Å². The maximum absolute atomic E-state index is 13.4. The molecule has 4 aromatic rings. The van der Waals surface area contributed by atoms with Crippen molar-refractivity contribution >= 4 is 56.3 Å². The van der Waals surface area contributed by atoms with Gasteiger partial charge in [0.2, 0.25) is 0 Å². The number of imide groups is 2. The molecule has 0 aromatic heterocycles. The van der Waals surface area contributed by atoms with Gasteiger partial charge < -0.3 is 9.47 Å². The van der Waals surface area contributed by atoms with Gasteiger partial charge in [-0.05, 0) is 77.7 Å². The molecule has 0 atom stereocenters. The molecule has 1 saturated heterocycles. The van der Waals surface area contributed by atoms with Crippen molar-refractivity contribution in [3.8, 4) is 11.5 Å². The molecule has 1 N–H and O–H groups in total. The van der Waals surface area contributed by atoms with Gasteiger partial charge in [-0.2, -0.15) is 0 Å². The Morgan fingerprint density at radius 2 is 1.68 bits per heavy atom. The highest BCUT2D eigenvalue weighted by Gasteiger charge is 2.36. The lowest BCUT2D eigenvalue weighted by molar-refractivity contribution is -0.122. The summed E-state index contributed by atoms with van der Waals surface area (Å²) in [6, 6.07) is 23.6. The SMILES string of the molecule is C=CCc1cc(/C=C2\C(=O)NC(=O)N(c3ccc(Br)cc3)C2=O)cc(OCC)c1OCc1cccc2ccccc12. The minimum absolute atomic E-state index is 0.177. The number of carbonyl (C=O) groups excluding carboxylic acids is 3. The molecular formula is C33H27BrN2O5. The summed E-state index contributed by atoms with van der Waals surface area (Å²) in [5, 5.41) is 4.49. The second-order valence-corrected chi connectivity index (χ2v) is 10.2. The predicted molar refractivity (Wildman–Crippen MR) is 163 cm³/mol. The highest BCUT2D eigenvalue weighted by molar-refractivity contribution is 9.10. The lowest BCUT2D eigenvalue weighted by atomic mass is 10.0. The van der Waals surface area contributed by atoms with Crippen molar-refractivity contribution in [3.05, 3.63) is 118 Å². The molecule has 0 unspecified atom stereocenters. The predicted octanol–water partition coefficient (Wildman–Crippen LogP) is 6.97. The molecule has 1 heterocycles. The Kier molecular flexibility index (Phi) is 8.31. The van der Waals surface area contributed by atoms with Gasteiger partial charge in [0.15, 0.2) is 11.5 Å². The number of nitrogens with zero attached hydrogens (tertiary/aromatic N) is 1. The maximum Gasteiger partial charge on any atom is 0.335 e. The lowest BCUT2D eigenvalue weighted by Gasteiger charge is -2.26. The molecule has 41 heavy (non-hydrogen) atoms. The van der Waals surface area contributed by atoms with Gasteiger partial charge in [-0.25, -0.2) is 9.69 Å². The zero-order valence-electron chi connectivity index (χ0n) is 22.4. The zero-order chi connectivity index (χ0) is 28.9. The van der Waals surface area contributed by atoms with Gasteiger partial charge in [0.25, 0.3) is 11.8 Å². The maximum atomic E-state index is 13.4. The number of ether oxygens (including phenoxy) is 2. The quantitative estimate of drug-likeness (QED) is 0.126. The number of fused-ring (bicyclic) bond motifs is 1. The fourth-order valence-electron chi connectivity index (χ4n) is 4.72. The number of hydrogen-bond donors (Lipinski definition) is 1. The molecule has 0 aliphatic carbocycles. The van der Waals surface area contributed by atoms with Crippen molar-refractivity contribution in [2.45, 2.75) is 20.0 Å². The second kappa shape index (κ2) is 12.2. The van der Waals surface area contributed by atoms with E-state index in [2.05, 4.69) is 46.0 Å². The van der Waals surface area contributed by atoms with Gasteiger partial charge in [0.05, 0.1) is 12.3 Å². The van der Waals surface area contributed by atoms with Crippen LogP contribution in [0.15, 0.2) is 102 Å². The molecule has 206 valence electrons. The Balaban J connectivity index is 1.51. The van der Waals surface area contributed by atoms with Gasteiger partial charge in [-0.3, -0.25) is 14.9 Å². The van der Waals surface area contributed by atoms with E-state index in [1.807, 2.05) is 37.3 Å². The number of nitrogens with one attached hydrogen (secondary N) is 1. The molecule has 8 heteroatoms. The number of benzene rings is 4. The van der Waals surface area contributed by atoms with E-state index >= 15 is 0 Å². The van der Waals surface area contributed by atoms with Crippen molar-refractivity contribution < 1.29 is 23.9 Å². The van der Waals surface area contributed by atoms with Gasteiger partial charge in [0.1, 0.15) is 12.2 Å². The van der Waals surface area contributed by atoms with Gasteiger partial charge in [-0.15, -0.1) is 6.58 Å². The van der Waals surface area contributed by atoms with Crippen LogP contribution in [-0.4, -0.2) is 24.5 Å². The van der Waals surface area contributed by atoms with E-state index < -0.39 is 17.8 Å². The van der Waals surface area contributed by atoms with Crippen LogP contribution in [0.1, 0.15) is 23.6 Å². The monoisotopic (exact) mass is 610 g/mol. The first-order valence-electron chi connectivity index (χ1n) is 13.1. The van der Waals surface area contributed by atoms with Crippen LogP contribution >= 0.6 is 15.9 Å². The minimum atomic E-state index is -0.806. The summed E-state index contributed by atoms with van der Waals surface area (Å²) < 4.78 is 13.1. The van der Waals surface area contributed by atoms with Crippen LogP contribution in [0.25, 0.3) is 16.8 Å². The summed E-state index contributed by atoms with van der Waals surface area (Å²) in [4.78, 5) is 39.7. The lowest BCUT2D eigenvalue weighted by Crippen LogP contribution is -2.54. The smallest absolute Gasteiger partial charge is 0.335 e. The second-order valence-electron chi connectivity index (χ2n) is 9.29. The first-order valence-corrected chi connectivity index (χ1v) is 13.9. The van der Waals surface area contributed by atoms with Gasteiger partial charge in [-0.1, -0.05) is 64.5 Å². The Morgan fingerprint density at radius 3 is 2.44 bits per heavy atom. The van der Waals surface area contributed by atoms with E-state index in [0.29, 0.717) is 42.4 Å². The molecule has 1 aliphatic rings. The van der Waals surface area contributed by atoms with Gasteiger partial charge in [0, 0.05) is 10.0 Å². The van der Waals surface area contributed by atoms with E-state index in [1.165, 1.54) is 6.08 Å². The molecule has 1 fully saturated rings. The minimum Gasteiger partial charge on any atom is -0.490 e. The summed E-state index contributed by atoms with van der Waals surface area (Å²) in [5.41, 5.74) is 2.52. The van der Waals surface area contributed by atoms with Crippen molar-refractivity contribution in [2.75, 3.05) is 11.5 Å². The number of halogens is 1. The topological polar surface area (TPSA) is 84.9 Å². The van der Waals surface area contributed by atoms with Crippen LogP contribution in [0.3, 0.4) is 0 Å². The number of rotatable bonds is 9. The molecule has 0 radical (unpaired) electrons. The summed E-state index contributed by atoms with van der Waals surface area (Å²) in [6.07, 6.45) is 3.67. The Bertz CT molecular complexity index is 1690. The van der Waals surface area contributed by atoms with E-state index in [4.69, 9.17) is 9.47 Å². The Labute approximate surface area is 246 Å². The third-order valence-electron chi connectivity index (χ3n) is 6.57. The largest absolute Gasteiger partial charge is 0.490 e. The number of anilines is 1. The fraction of sp³-hybridized carbons (Fsp3) is 0.121. The zero-order valence-corrected chi connectivity index (χ0v) is 23.9. The highest BCUT2D eigenvalue weighted by Crippen LogP contribution is 2.36. The number of hydrogen-bond acceptors (Lipinski definition) is 5. The van der Waals surface area contributed by atoms with Gasteiger partial charge >= 0.3 is 6.03 Å². The van der Waals surface area contributed by atoms with Crippen LogP contribution in [-0.2, 0) is 22.6 Å². The average molecular weight is 611 g/mol. The molecule has 5 rings (SSSR count). The van der Waals surface area contributed by atoms with Crippen molar-refractivity contribution in [3.63, 3.8) is 0 Å². The molecule has 7 nitrogen and oxygen atoms in total. The summed E-state index contributed by atoms with van der Waals surface area (Å²) in [6.45, 7) is 6.44. The molecule has 4 amide bonds. The third-order valence-corrected chi connectivity index (χ3v) is 7.10. The average Bonchev–Trinajstić information content (AvgIpc) is 2.96. The van der Waals surface area contributed by atoms with E-state index in [0.717, 1.165) is 31.3 Å². The first-order chi connectivity index (χ1) is 19.9. The molecule has 4 aromatic carbocycles. The van der Waals surface area contributed by atoms with E-state index in [-0.39, 0.29) is 5.57 Å². The third kappa shape index (κ3) is 5.93. The van der Waals surface area contributed by atoms with E-state index in [9.17, 15) is 14.4 Å². The Hall–Kier alpha value is -4.69. The summed E-state index contributed by atoms with van der Waals surface area (Å²) in [5.74, 6) is -0.454. The number of amides is 4. The number of urea groups is 1. The van der Waals surface area contributed by atoms with Crippen LogP contribution < -0.4 is 19.7 Å². The number of carbonyl (C=O) groups is 3. The summed E-state index contributed by atoms with van der Waals surface area (Å²) in [7, 11) is 0. The molecular weight excluding hydrogens is 584 g/mol. The first kappa shape index (κ1) is 27.9. The standard InChI is InChI=1S/C33H27BrN2O5/c1-3-8-23-17-21(18-28-31(37)35-33(39)36(32(28)38)26-15-13-25(34)14-16-26)19-29(40-4-2)30(23)41-20-24-11-7-10-22-9-5-6-12-27(22)24/h3,5-7,9-19H,1,4,8,20H2,2H3,(H,35,37,39)/b28-18+. The van der Waals surface area contributed by atoms with Crippen LogP contribution in [0.4, 0.5) is 10.5 Å². The normalized spacial score (nSPS) is 14.3. The number of allylic oxidation sites excluding steroid dienone is 1. The molecule has 0 bridgehead atoms. The molecule has 0 saturated carbocycles.